The summed E-state index contributed by atoms with van der Waals surface area (Å²) in [5.41, 5.74) is 0.990. The highest BCUT2D eigenvalue weighted by molar-refractivity contribution is 9.10. The second-order valence-electron chi connectivity index (χ2n) is 5.00. The highest BCUT2D eigenvalue weighted by Gasteiger charge is 2.30. The largest absolute Gasteiger partial charge is 0.378 e. The second kappa shape index (κ2) is 5.04. The van der Waals surface area contributed by atoms with Crippen molar-refractivity contribution >= 4 is 15.9 Å². The van der Waals surface area contributed by atoms with Crippen molar-refractivity contribution < 1.29 is 9.13 Å². The predicted molar refractivity (Wildman–Crippen MR) is 69.4 cm³/mol. The third kappa shape index (κ3) is 2.87. The third-order valence-corrected chi connectivity index (χ3v) is 4.10. The van der Waals surface area contributed by atoms with Crippen LogP contribution in [0.25, 0.3) is 0 Å². The summed E-state index contributed by atoms with van der Waals surface area (Å²) in [5, 5.41) is 0. The van der Waals surface area contributed by atoms with Gasteiger partial charge in [-0.1, -0.05) is 12.1 Å². The molecule has 0 aliphatic carbocycles. The average molecular weight is 302 g/mol. The minimum atomic E-state index is -0.200. The standard InChI is InChI=1S/C13H17BrFNO/c1-13(2)9-17-7-6-16(13)8-10-4-3-5-11(15)12(10)14/h3-5H,6-9H2,1-2H3. The van der Waals surface area contributed by atoms with Crippen LogP contribution in [0, 0.1) is 5.82 Å². The summed E-state index contributed by atoms with van der Waals surface area (Å²) in [6, 6.07) is 5.18. The summed E-state index contributed by atoms with van der Waals surface area (Å²) < 4.78 is 19.5. The fourth-order valence-corrected chi connectivity index (χ4v) is 2.45. The summed E-state index contributed by atoms with van der Waals surface area (Å²) in [7, 11) is 0. The first-order valence-electron chi connectivity index (χ1n) is 5.76. The quantitative estimate of drug-likeness (QED) is 0.832. The fraction of sp³-hybridized carbons (Fsp3) is 0.538. The zero-order valence-electron chi connectivity index (χ0n) is 10.2. The summed E-state index contributed by atoms with van der Waals surface area (Å²) in [6.07, 6.45) is 0. The number of halogens is 2. The number of benzene rings is 1. The number of nitrogens with zero attached hydrogens (tertiary/aromatic N) is 1. The van der Waals surface area contributed by atoms with Gasteiger partial charge >= 0.3 is 0 Å². The lowest BCUT2D eigenvalue weighted by molar-refractivity contribution is -0.0553. The topological polar surface area (TPSA) is 12.5 Å². The van der Waals surface area contributed by atoms with E-state index in [4.69, 9.17) is 4.74 Å². The Bertz CT molecular complexity index is 408. The van der Waals surface area contributed by atoms with Gasteiger partial charge in [0.05, 0.1) is 17.7 Å². The lowest BCUT2D eigenvalue weighted by atomic mass is 10.0. The Hall–Kier alpha value is -0.450. The molecule has 1 aliphatic rings. The van der Waals surface area contributed by atoms with Gasteiger partial charge in [-0.2, -0.15) is 0 Å². The first-order chi connectivity index (χ1) is 8.00. The molecule has 1 saturated heterocycles. The van der Waals surface area contributed by atoms with E-state index in [1.807, 2.05) is 6.07 Å². The molecule has 1 aromatic rings. The van der Waals surface area contributed by atoms with E-state index in [1.54, 1.807) is 6.07 Å². The van der Waals surface area contributed by atoms with Crippen molar-refractivity contribution in [3.63, 3.8) is 0 Å². The molecular weight excluding hydrogens is 285 g/mol. The van der Waals surface area contributed by atoms with E-state index in [2.05, 4.69) is 34.7 Å². The van der Waals surface area contributed by atoms with Crippen molar-refractivity contribution in [1.29, 1.82) is 0 Å². The summed E-state index contributed by atoms with van der Waals surface area (Å²) >= 11 is 3.31. The Kier molecular flexibility index (Phi) is 3.85. The van der Waals surface area contributed by atoms with E-state index in [-0.39, 0.29) is 11.4 Å². The van der Waals surface area contributed by atoms with E-state index in [1.165, 1.54) is 6.07 Å². The normalized spacial score (nSPS) is 20.5. The number of hydrogen-bond donors (Lipinski definition) is 0. The van der Waals surface area contributed by atoms with Crippen LogP contribution >= 0.6 is 15.9 Å². The molecule has 0 bridgehead atoms. The molecule has 0 radical (unpaired) electrons. The Morgan fingerprint density at radius 3 is 2.94 bits per heavy atom. The molecular formula is C13H17BrFNO. The molecule has 0 spiro atoms. The van der Waals surface area contributed by atoms with Crippen LogP contribution in [0.1, 0.15) is 19.4 Å². The fourth-order valence-electron chi connectivity index (χ4n) is 2.06. The van der Waals surface area contributed by atoms with Gasteiger partial charge in [0.25, 0.3) is 0 Å². The molecule has 1 aromatic carbocycles. The van der Waals surface area contributed by atoms with Crippen molar-refractivity contribution in [3.8, 4) is 0 Å². The molecule has 2 nitrogen and oxygen atoms in total. The first kappa shape index (κ1) is 13.0. The van der Waals surface area contributed by atoms with E-state index in [0.29, 0.717) is 4.47 Å². The van der Waals surface area contributed by atoms with Crippen molar-refractivity contribution in [2.24, 2.45) is 0 Å². The van der Waals surface area contributed by atoms with Gasteiger partial charge in [0.1, 0.15) is 5.82 Å². The number of hydrogen-bond acceptors (Lipinski definition) is 2. The van der Waals surface area contributed by atoms with Crippen LogP contribution in [0.3, 0.4) is 0 Å². The molecule has 1 fully saturated rings. The molecule has 2 rings (SSSR count). The second-order valence-corrected chi connectivity index (χ2v) is 5.79. The van der Waals surface area contributed by atoms with Crippen molar-refractivity contribution in [3.05, 3.63) is 34.1 Å². The van der Waals surface area contributed by atoms with Crippen molar-refractivity contribution in [2.45, 2.75) is 25.9 Å². The number of rotatable bonds is 2. The van der Waals surface area contributed by atoms with Gasteiger partial charge in [-0.05, 0) is 41.4 Å². The van der Waals surface area contributed by atoms with Crippen molar-refractivity contribution in [1.82, 2.24) is 4.90 Å². The molecule has 1 heterocycles. The summed E-state index contributed by atoms with van der Waals surface area (Å²) in [5.74, 6) is -0.200. The number of morpholine rings is 1. The molecule has 94 valence electrons. The monoisotopic (exact) mass is 301 g/mol. The smallest absolute Gasteiger partial charge is 0.137 e. The van der Waals surface area contributed by atoms with Crippen LogP contribution in [0.2, 0.25) is 0 Å². The minimum absolute atomic E-state index is 0.00398. The van der Waals surface area contributed by atoms with Gasteiger partial charge in [-0.25, -0.2) is 4.39 Å². The Labute approximate surface area is 110 Å². The predicted octanol–water partition coefficient (Wildman–Crippen LogP) is 3.20. The molecule has 0 saturated carbocycles. The van der Waals surface area contributed by atoms with E-state index < -0.39 is 0 Å². The van der Waals surface area contributed by atoms with Gasteiger partial charge < -0.3 is 4.74 Å². The van der Waals surface area contributed by atoms with Gasteiger partial charge in [0, 0.05) is 18.6 Å². The van der Waals surface area contributed by atoms with Crippen LogP contribution < -0.4 is 0 Å². The Morgan fingerprint density at radius 1 is 1.47 bits per heavy atom. The first-order valence-corrected chi connectivity index (χ1v) is 6.56. The zero-order chi connectivity index (χ0) is 12.5. The lowest BCUT2D eigenvalue weighted by Gasteiger charge is -2.42. The molecule has 0 aromatic heterocycles. The van der Waals surface area contributed by atoms with Crippen LogP contribution in [0.4, 0.5) is 4.39 Å². The number of ether oxygens (including phenoxy) is 1. The maximum Gasteiger partial charge on any atom is 0.137 e. The molecule has 0 atom stereocenters. The molecule has 17 heavy (non-hydrogen) atoms. The molecule has 4 heteroatoms. The van der Waals surface area contributed by atoms with Crippen LogP contribution in [-0.4, -0.2) is 30.2 Å². The van der Waals surface area contributed by atoms with Crippen LogP contribution in [0.15, 0.2) is 22.7 Å². The van der Waals surface area contributed by atoms with E-state index >= 15 is 0 Å². The third-order valence-electron chi connectivity index (χ3n) is 3.21. The Balaban J connectivity index is 2.17. The van der Waals surface area contributed by atoms with Gasteiger partial charge in [0.2, 0.25) is 0 Å². The average Bonchev–Trinajstić information content (AvgIpc) is 2.27. The van der Waals surface area contributed by atoms with E-state index in [0.717, 1.165) is 31.9 Å². The maximum atomic E-state index is 13.4. The van der Waals surface area contributed by atoms with Gasteiger partial charge in [-0.15, -0.1) is 0 Å². The SMILES string of the molecule is CC1(C)COCCN1Cc1cccc(F)c1Br. The maximum absolute atomic E-state index is 13.4. The molecule has 0 N–H and O–H groups in total. The minimum Gasteiger partial charge on any atom is -0.378 e. The highest BCUT2D eigenvalue weighted by Crippen LogP contribution is 2.26. The van der Waals surface area contributed by atoms with Gasteiger partial charge in [-0.3, -0.25) is 4.90 Å². The molecule has 1 aliphatic heterocycles. The summed E-state index contributed by atoms with van der Waals surface area (Å²) in [6.45, 7) is 7.40. The molecule has 0 amide bonds. The van der Waals surface area contributed by atoms with Crippen LogP contribution in [-0.2, 0) is 11.3 Å². The molecule has 0 unspecified atom stereocenters. The van der Waals surface area contributed by atoms with E-state index in [9.17, 15) is 4.39 Å². The lowest BCUT2D eigenvalue weighted by Crippen LogP contribution is -2.52. The zero-order valence-corrected chi connectivity index (χ0v) is 11.8. The van der Waals surface area contributed by atoms with Crippen molar-refractivity contribution in [2.75, 3.05) is 19.8 Å². The van der Waals surface area contributed by atoms with Gasteiger partial charge in [0.15, 0.2) is 0 Å². The summed E-state index contributed by atoms with van der Waals surface area (Å²) in [4.78, 5) is 2.33. The Morgan fingerprint density at radius 2 is 2.24 bits per heavy atom. The van der Waals surface area contributed by atoms with Crippen LogP contribution in [0.5, 0.6) is 0 Å². The highest BCUT2D eigenvalue weighted by atomic mass is 79.9.